The number of anilines is 1. The van der Waals surface area contributed by atoms with Gasteiger partial charge in [-0.1, -0.05) is 19.3 Å². The van der Waals surface area contributed by atoms with Crippen LogP contribution in [0.4, 0.5) is 5.13 Å². The van der Waals surface area contributed by atoms with Crippen LogP contribution in [0.15, 0.2) is 29.6 Å². The van der Waals surface area contributed by atoms with Crippen LogP contribution in [0.2, 0.25) is 0 Å². The molecular weight excluding hydrogens is 310 g/mol. The van der Waals surface area contributed by atoms with Crippen LogP contribution in [0.1, 0.15) is 32.1 Å². The van der Waals surface area contributed by atoms with E-state index in [0.29, 0.717) is 16.9 Å². The van der Waals surface area contributed by atoms with E-state index in [9.17, 15) is 4.79 Å². The first-order valence-electron chi connectivity index (χ1n) is 7.94. The molecular formula is C17H21N3O2S. The Morgan fingerprint density at radius 1 is 1.26 bits per heavy atom. The summed E-state index contributed by atoms with van der Waals surface area (Å²) in [6, 6.07) is 7.85. The standard InChI is InChI=1S/C17H21N3O2S/c18-17-20-15(11-23-17)12-6-8-14(9-7-12)22-10-16(21)19-13-4-2-1-3-5-13/h6-9,11,13H,1-5,10H2,(H2,18,20)(H,19,21). The average Bonchev–Trinajstić information content (AvgIpc) is 3.01. The molecule has 1 aromatic heterocycles. The summed E-state index contributed by atoms with van der Waals surface area (Å²) in [7, 11) is 0. The Kier molecular flexibility index (Phi) is 5.12. The molecule has 0 bridgehead atoms. The van der Waals surface area contributed by atoms with E-state index >= 15 is 0 Å². The van der Waals surface area contributed by atoms with Crippen LogP contribution in [-0.2, 0) is 4.79 Å². The van der Waals surface area contributed by atoms with E-state index in [1.54, 1.807) is 0 Å². The minimum Gasteiger partial charge on any atom is -0.484 e. The molecule has 1 aliphatic carbocycles. The maximum absolute atomic E-state index is 11.9. The largest absolute Gasteiger partial charge is 0.484 e. The first kappa shape index (κ1) is 15.8. The summed E-state index contributed by atoms with van der Waals surface area (Å²) in [5, 5.41) is 5.52. The molecule has 0 aliphatic heterocycles. The molecule has 0 unspecified atom stereocenters. The van der Waals surface area contributed by atoms with Crippen LogP contribution in [0, 0.1) is 0 Å². The SMILES string of the molecule is Nc1nc(-c2ccc(OCC(=O)NC3CCCCC3)cc2)cs1. The summed E-state index contributed by atoms with van der Waals surface area (Å²) in [4.78, 5) is 16.2. The van der Waals surface area contributed by atoms with Crippen molar-refractivity contribution in [3.63, 3.8) is 0 Å². The van der Waals surface area contributed by atoms with E-state index in [1.807, 2.05) is 29.6 Å². The van der Waals surface area contributed by atoms with Gasteiger partial charge in [-0.2, -0.15) is 0 Å². The number of ether oxygens (including phenoxy) is 1. The van der Waals surface area contributed by atoms with E-state index in [2.05, 4.69) is 10.3 Å². The normalized spacial score (nSPS) is 15.3. The highest BCUT2D eigenvalue weighted by atomic mass is 32.1. The molecule has 1 fully saturated rings. The molecule has 3 N–H and O–H groups in total. The molecule has 6 heteroatoms. The summed E-state index contributed by atoms with van der Waals surface area (Å²) >= 11 is 1.42. The number of benzene rings is 1. The summed E-state index contributed by atoms with van der Waals surface area (Å²) in [6.07, 6.45) is 5.84. The fourth-order valence-corrected chi connectivity index (χ4v) is 3.38. The smallest absolute Gasteiger partial charge is 0.258 e. The summed E-state index contributed by atoms with van der Waals surface area (Å²) < 4.78 is 5.55. The van der Waals surface area contributed by atoms with Gasteiger partial charge in [0.05, 0.1) is 5.69 Å². The summed E-state index contributed by atoms with van der Waals surface area (Å²) in [6.45, 7) is 0.0551. The van der Waals surface area contributed by atoms with E-state index in [-0.39, 0.29) is 12.5 Å². The van der Waals surface area contributed by atoms with Crippen molar-refractivity contribution in [3.05, 3.63) is 29.6 Å². The van der Waals surface area contributed by atoms with Crippen molar-refractivity contribution in [1.82, 2.24) is 10.3 Å². The molecule has 2 aromatic rings. The molecule has 3 rings (SSSR count). The van der Waals surface area contributed by atoms with Gasteiger partial charge >= 0.3 is 0 Å². The molecule has 0 spiro atoms. The number of aromatic nitrogens is 1. The van der Waals surface area contributed by atoms with Gasteiger partial charge < -0.3 is 15.8 Å². The number of carbonyl (C=O) groups excluding carboxylic acids is 1. The lowest BCUT2D eigenvalue weighted by Crippen LogP contribution is -2.38. The predicted octanol–water partition coefficient (Wildman–Crippen LogP) is 3.22. The van der Waals surface area contributed by atoms with Gasteiger partial charge in [-0.25, -0.2) is 4.98 Å². The Balaban J connectivity index is 1.49. The maximum atomic E-state index is 11.9. The molecule has 0 atom stereocenters. The van der Waals surface area contributed by atoms with Crippen molar-refractivity contribution in [2.75, 3.05) is 12.3 Å². The number of hydrogen-bond donors (Lipinski definition) is 2. The number of amides is 1. The fourth-order valence-electron chi connectivity index (χ4n) is 2.81. The van der Waals surface area contributed by atoms with Gasteiger partial charge in [0.1, 0.15) is 5.75 Å². The quantitative estimate of drug-likeness (QED) is 0.882. The number of hydrogen-bond acceptors (Lipinski definition) is 5. The zero-order valence-electron chi connectivity index (χ0n) is 13.0. The highest BCUT2D eigenvalue weighted by molar-refractivity contribution is 7.13. The van der Waals surface area contributed by atoms with E-state index < -0.39 is 0 Å². The number of rotatable bonds is 5. The van der Waals surface area contributed by atoms with Crippen LogP contribution in [-0.4, -0.2) is 23.5 Å². The van der Waals surface area contributed by atoms with Gasteiger partial charge in [-0.15, -0.1) is 11.3 Å². The van der Waals surface area contributed by atoms with Crippen molar-refractivity contribution >= 4 is 22.4 Å². The summed E-state index contributed by atoms with van der Waals surface area (Å²) in [5.74, 6) is 0.629. The van der Waals surface area contributed by atoms with Crippen molar-refractivity contribution < 1.29 is 9.53 Å². The van der Waals surface area contributed by atoms with Crippen LogP contribution in [0.25, 0.3) is 11.3 Å². The second-order valence-electron chi connectivity index (χ2n) is 5.79. The number of nitrogens with two attached hydrogens (primary N) is 1. The lowest BCUT2D eigenvalue weighted by molar-refractivity contribution is -0.124. The zero-order valence-corrected chi connectivity index (χ0v) is 13.8. The number of nitrogens with one attached hydrogen (secondary N) is 1. The molecule has 1 aliphatic rings. The topological polar surface area (TPSA) is 77.2 Å². The first-order chi connectivity index (χ1) is 11.2. The van der Waals surface area contributed by atoms with E-state index in [4.69, 9.17) is 10.5 Å². The number of nitrogens with zero attached hydrogens (tertiary/aromatic N) is 1. The van der Waals surface area contributed by atoms with Crippen LogP contribution < -0.4 is 15.8 Å². The third-order valence-electron chi connectivity index (χ3n) is 4.01. The first-order valence-corrected chi connectivity index (χ1v) is 8.82. The van der Waals surface area contributed by atoms with Crippen LogP contribution >= 0.6 is 11.3 Å². The number of carbonyl (C=O) groups is 1. The van der Waals surface area contributed by atoms with Crippen LogP contribution in [0.5, 0.6) is 5.75 Å². The average molecular weight is 331 g/mol. The molecule has 1 amide bonds. The minimum absolute atomic E-state index is 0.0479. The Morgan fingerprint density at radius 2 is 2.00 bits per heavy atom. The van der Waals surface area contributed by atoms with Crippen molar-refractivity contribution in [2.45, 2.75) is 38.1 Å². The predicted molar refractivity (Wildman–Crippen MR) is 92.5 cm³/mol. The minimum atomic E-state index is -0.0479. The molecule has 122 valence electrons. The second kappa shape index (κ2) is 7.46. The zero-order chi connectivity index (χ0) is 16.1. The molecule has 23 heavy (non-hydrogen) atoms. The van der Waals surface area contributed by atoms with E-state index in [0.717, 1.165) is 24.1 Å². The molecule has 0 radical (unpaired) electrons. The van der Waals surface area contributed by atoms with Gasteiger partial charge in [0.25, 0.3) is 5.91 Å². The molecule has 1 heterocycles. The second-order valence-corrected chi connectivity index (χ2v) is 6.68. The van der Waals surface area contributed by atoms with Crippen molar-refractivity contribution in [3.8, 4) is 17.0 Å². The molecule has 1 aromatic carbocycles. The molecule has 1 saturated carbocycles. The molecule has 5 nitrogen and oxygen atoms in total. The third kappa shape index (κ3) is 4.45. The summed E-state index contributed by atoms with van der Waals surface area (Å²) in [5.41, 5.74) is 7.48. The van der Waals surface area contributed by atoms with E-state index in [1.165, 1.54) is 30.6 Å². The highest BCUT2D eigenvalue weighted by Crippen LogP contribution is 2.25. The van der Waals surface area contributed by atoms with Crippen LogP contribution in [0.3, 0.4) is 0 Å². The maximum Gasteiger partial charge on any atom is 0.258 e. The Hall–Kier alpha value is -2.08. The van der Waals surface area contributed by atoms with Gasteiger partial charge in [-0.3, -0.25) is 4.79 Å². The monoisotopic (exact) mass is 331 g/mol. The Labute approximate surface area is 139 Å². The van der Waals surface area contributed by atoms with Gasteiger partial charge in [0, 0.05) is 17.0 Å². The van der Waals surface area contributed by atoms with Gasteiger partial charge in [-0.05, 0) is 37.1 Å². The third-order valence-corrected chi connectivity index (χ3v) is 4.69. The van der Waals surface area contributed by atoms with Gasteiger partial charge in [0.2, 0.25) is 0 Å². The lowest BCUT2D eigenvalue weighted by Gasteiger charge is -2.22. The molecule has 0 saturated heterocycles. The highest BCUT2D eigenvalue weighted by Gasteiger charge is 2.15. The number of thiazole rings is 1. The van der Waals surface area contributed by atoms with Gasteiger partial charge in [0.15, 0.2) is 11.7 Å². The fraction of sp³-hybridized carbons (Fsp3) is 0.412. The van der Waals surface area contributed by atoms with Crippen molar-refractivity contribution in [1.29, 1.82) is 0 Å². The number of nitrogen functional groups attached to an aromatic ring is 1. The van der Waals surface area contributed by atoms with Crippen molar-refractivity contribution in [2.24, 2.45) is 0 Å². The Morgan fingerprint density at radius 3 is 2.65 bits per heavy atom. The lowest BCUT2D eigenvalue weighted by atomic mass is 9.95. The Bertz CT molecular complexity index is 648.